The summed E-state index contributed by atoms with van der Waals surface area (Å²) >= 11 is 0. The van der Waals surface area contributed by atoms with Gasteiger partial charge in [-0.2, -0.15) is 5.26 Å². The van der Waals surface area contributed by atoms with Gasteiger partial charge >= 0.3 is 0 Å². The van der Waals surface area contributed by atoms with Gasteiger partial charge in [0.25, 0.3) is 0 Å². The molecule has 14 heavy (non-hydrogen) atoms. The molecule has 0 aliphatic carbocycles. The second-order valence-electron chi connectivity index (χ2n) is 3.73. The van der Waals surface area contributed by atoms with Gasteiger partial charge in [0, 0.05) is 13.1 Å². The van der Waals surface area contributed by atoms with E-state index < -0.39 is 6.10 Å². The predicted octanol–water partition coefficient (Wildman–Crippen LogP) is 0.629. The molecule has 1 rings (SSSR count). The standard InChI is InChI=1S/C10H17N3O/c1-8(12-2)13-5-3-9(7-11)10(14)4-6-13/h8-10,14H,2-6H2,1H3/t8-,9?,10+/m1/s1. The molecule has 1 fully saturated rings. The largest absolute Gasteiger partial charge is 0.392 e. The molecule has 4 nitrogen and oxygen atoms in total. The van der Waals surface area contributed by atoms with E-state index in [1.165, 1.54) is 0 Å². The summed E-state index contributed by atoms with van der Waals surface area (Å²) in [7, 11) is 0. The molecule has 0 aromatic heterocycles. The lowest BCUT2D eigenvalue weighted by molar-refractivity contribution is 0.125. The van der Waals surface area contributed by atoms with E-state index in [1.54, 1.807) is 0 Å². The van der Waals surface area contributed by atoms with Crippen LogP contribution in [-0.2, 0) is 0 Å². The highest BCUT2D eigenvalue weighted by atomic mass is 16.3. The van der Waals surface area contributed by atoms with Gasteiger partial charge < -0.3 is 5.11 Å². The Bertz CT molecular complexity index is 236. The van der Waals surface area contributed by atoms with Gasteiger partial charge in [0.05, 0.1) is 24.3 Å². The Labute approximate surface area is 84.9 Å². The van der Waals surface area contributed by atoms with E-state index in [-0.39, 0.29) is 12.1 Å². The monoisotopic (exact) mass is 195 g/mol. The average molecular weight is 195 g/mol. The maximum Gasteiger partial charge on any atom is 0.0983 e. The lowest BCUT2D eigenvalue weighted by Gasteiger charge is -2.23. The quantitative estimate of drug-likeness (QED) is 0.657. The van der Waals surface area contributed by atoms with Gasteiger partial charge in [-0.3, -0.25) is 9.89 Å². The molecule has 1 N–H and O–H groups in total. The number of aliphatic hydroxyl groups is 1. The van der Waals surface area contributed by atoms with Crippen LogP contribution in [0.4, 0.5) is 0 Å². The minimum atomic E-state index is -0.484. The molecule has 1 heterocycles. The van der Waals surface area contributed by atoms with E-state index in [0.717, 1.165) is 19.5 Å². The molecular formula is C10H17N3O. The van der Waals surface area contributed by atoms with Crippen LogP contribution in [0.25, 0.3) is 0 Å². The van der Waals surface area contributed by atoms with E-state index in [2.05, 4.69) is 22.7 Å². The first kappa shape index (κ1) is 11.2. The van der Waals surface area contributed by atoms with E-state index in [1.807, 2.05) is 6.92 Å². The number of hydrogen-bond donors (Lipinski definition) is 1. The van der Waals surface area contributed by atoms with Crippen molar-refractivity contribution >= 4 is 6.72 Å². The fourth-order valence-corrected chi connectivity index (χ4v) is 1.75. The van der Waals surface area contributed by atoms with Crippen LogP contribution >= 0.6 is 0 Å². The van der Waals surface area contributed by atoms with E-state index >= 15 is 0 Å². The number of nitriles is 1. The summed E-state index contributed by atoms with van der Waals surface area (Å²) in [5, 5.41) is 18.4. The zero-order valence-corrected chi connectivity index (χ0v) is 8.56. The van der Waals surface area contributed by atoms with Crippen LogP contribution in [0.3, 0.4) is 0 Å². The predicted molar refractivity (Wildman–Crippen MR) is 54.9 cm³/mol. The van der Waals surface area contributed by atoms with Crippen molar-refractivity contribution in [1.82, 2.24) is 4.90 Å². The van der Waals surface area contributed by atoms with Crippen LogP contribution in [-0.4, -0.2) is 42.1 Å². The Morgan fingerprint density at radius 3 is 2.79 bits per heavy atom. The summed E-state index contributed by atoms with van der Waals surface area (Å²) in [5.41, 5.74) is 0. The summed E-state index contributed by atoms with van der Waals surface area (Å²) in [5.74, 6) is -0.225. The number of aliphatic imine (C=N–C) groups is 1. The van der Waals surface area contributed by atoms with Gasteiger partial charge in [0.1, 0.15) is 0 Å². The van der Waals surface area contributed by atoms with Crippen LogP contribution in [0.2, 0.25) is 0 Å². The molecule has 0 spiro atoms. The highest BCUT2D eigenvalue weighted by Gasteiger charge is 2.25. The lowest BCUT2D eigenvalue weighted by atomic mass is 10.00. The first-order valence-corrected chi connectivity index (χ1v) is 4.96. The molecule has 1 saturated heterocycles. The van der Waals surface area contributed by atoms with Crippen molar-refractivity contribution in [1.29, 1.82) is 5.26 Å². The molecule has 1 aliphatic heterocycles. The topological polar surface area (TPSA) is 59.6 Å². The maximum atomic E-state index is 9.63. The minimum Gasteiger partial charge on any atom is -0.392 e. The Morgan fingerprint density at radius 1 is 1.57 bits per heavy atom. The molecule has 1 aliphatic rings. The third kappa shape index (κ3) is 2.53. The fraction of sp³-hybridized carbons (Fsp3) is 0.800. The van der Waals surface area contributed by atoms with Crippen LogP contribution in [0.1, 0.15) is 19.8 Å². The van der Waals surface area contributed by atoms with E-state index in [0.29, 0.717) is 6.42 Å². The van der Waals surface area contributed by atoms with Gasteiger partial charge in [-0.15, -0.1) is 0 Å². The number of rotatable bonds is 2. The molecule has 0 aromatic rings. The molecule has 0 radical (unpaired) electrons. The Balaban J connectivity index is 2.56. The normalized spacial score (nSPS) is 31.5. The molecular weight excluding hydrogens is 178 g/mol. The average Bonchev–Trinajstić information content (AvgIpc) is 2.39. The number of nitrogens with zero attached hydrogens (tertiary/aromatic N) is 3. The van der Waals surface area contributed by atoms with Gasteiger partial charge in [-0.1, -0.05) is 0 Å². The van der Waals surface area contributed by atoms with Gasteiger partial charge in [-0.05, 0) is 26.5 Å². The van der Waals surface area contributed by atoms with Crippen LogP contribution in [0.5, 0.6) is 0 Å². The van der Waals surface area contributed by atoms with Gasteiger partial charge in [0.2, 0.25) is 0 Å². The molecule has 3 atom stereocenters. The van der Waals surface area contributed by atoms with Crippen LogP contribution in [0, 0.1) is 17.2 Å². The molecule has 0 aromatic carbocycles. The molecule has 1 unspecified atom stereocenters. The molecule has 4 heteroatoms. The third-order valence-electron chi connectivity index (χ3n) is 2.86. The van der Waals surface area contributed by atoms with Crippen molar-refractivity contribution in [3.05, 3.63) is 0 Å². The number of likely N-dealkylation sites (tertiary alicyclic amines) is 1. The van der Waals surface area contributed by atoms with E-state index in [9.17, 15) is 5.11 Å². The zero-order valence-electron chi connectivity index (χ0n) is 8.56. The first-order valence-electron chi connectivity index (χ1n) is 4.96. The van der Waals surface area contributed by atoms with Crippen molar-refractivity contribution in [3.8, 4) is 6.07 Å². The van der Waals surface area contributed by atoms with Crippen molar-refractivity contribution in [2.75, 3.05) is 13.1 Å². The van der Waals surface area contributed by atoms with Crippen LogP contribution < -0.4 is 0 Å². The minimum absolute atomic E-state index is 0.0830. The highest BCUT2D eigenvalue weighted by molar-refractivity contribution is 5.23. The molecule has 0 saturated carbocycles. The summed E-state index contributed by atoms with van der Waals surface area (Å²) in [6.07, 6.45) is 0.969. The van der Waals surface area contributed by atoms with Crippen LogP contribution in [0.15, 0.2) is 4.99 Å². The smallest absolute Gasteiger partial charge is 0.0983 e. The number of hydrogen-bond acceptors (Lipinski definition) is 4. The zero-order chi connectivity index (χ0) is 10.6. The van der Waals surface area contributed by atoms with Crippen molar-refractivity contribution in [2.24, 2.45) is 10.9 Å². The summed E-state index contributed by atoms with van der Waals surface area (Å²) in [4.78, 5) is 6.09. The van der Waals surface area contributed by atoms with Crippen molar-refractivity contribution in [3.63, 3.8) is 0 Å². The summed E-state index contributed by atoms with van der Waals surface area (Å²) in [6.45, 7) is 7.09. The van der Waals surface area contributed by atoms with Crippen molar-refractivity contribution in [2.45, 2.75) is 32.0 Å². The second-order valence-corrected chi connectivity index (χ2v) is 3.73. The summed E-state index contributed by atoms with van der Waals surface area (Å²) in [6, 6.07) is 2.15. The lowest BCUT2D eigenvalue weighted by Crippen LogP contribution is -2.32. The highest BCUT2D eigenvalue weighted by Crippen LogP contribution is 2.18. The maximum absolute atomic E-state index is 9.63. The summed E-state index contributed by atoms with van der Waals surface area (Å²) < 4.78 is 0. The Morgan fingerprint density at radius 2 is 2.21 bits per heavy atom. The third-order valence-corrected chi connectivity index (χ3v) is 2.86. The molecule has 0 amide bonds. The van der Waals surface area contributed by atoms with Gasteiger partial charge in [0.15, 0.2) is 0 Å². The van der Waals surface area contributed by atoms with Crippen molar-refractivity contribution < 1.29 is 5.11 Å². The SMILES string of the molecule is C=N[C@@H](C)N1CCC(C#N)[C@@H](O)CC1. The van der Waals surface area contributed by atoms with Gasteiger partial charge in [-0.25, -0.2) is 0 Å². The first-order chi connectivity index (χ1) is 6.69. The molecule has 0 bridgehead atoms. The Hall–Kier alpha value is -0.920. The van der Waals surface area contributed by atoms with E-state index in [4.69, 9.17) is 5.26 Å². The fourth-order valence-electron chi connectivity index (χ4n) is 1.75. The Kier molecular flexibility index (Phi) is 4.05. The number of aliphatic hydroxyl groups excluding tert-OH is 1. The second kappa shape index (κ2) is 5.08. The molecule has 78 valence electrons.